The molecule has 1 N–H and O–H groups in total. The van der Waals surface area contributed by atoms with Gasteiger partial charge in [0.05, 0.1) is 0 Å². The average molecular weight is 326 g/mol. The van der Waals surface area contributed by atoms with E-state index in [1.165, 1.54) is 6.07 Å². The van der Waals surface area contributed by atoms with Crippen LogP contribution in [0.2, 0.25) is 5.02 Å². The highest BCUT2D eigenvalue weighted by atomic mass is 35.5. The summed E-state index contributed by atoms with van der Waals surface area (Å²) in [6.07, 6.45) is 2.19. The minimum Gasteiger partial charge on any atom is -0.385 e. The largest absolute Gasteiger partial charge is 0.385 e. The molecule has 1 atom stereocenters. The van der Waals surface area contributed by atoms with Crippen LogP contribution in [0.15, 0.2) is 42.5 Å². The number of rotatable bonds is 6. The second kappa shape index (κ2) is 7.57. The SMILES string of the molecule is C[S@](=O)Cc1cccc(NCCc2c(F)cccc2Cl)c1. The molecule has 2 aromatic carbocycles. The van der Waals surface area contributed by atoms with Gasteiger partial charge in [0.2, 0.25) is 0 Å². The molecule has 0 aliphatic heterocycles. The number of halogens is 2. The molecule has 0 aliphatic rings. The molecule has 0 aromatic heterocycles. The van der Waals surface area contributed by atoms with Gasteiger partial charge in [-0.05, 0) is 36.2 Å². The van der Waals surface area contributed by atoms with Crippen LogP contribution in [0.5, 0.6) is 0 Å². The van der Waals surface area contributed by atoms with E-state index >= 15 is 0 Å². The van der Waals surface area contributed by atoms with E-state index in [-0.39, 0.29) is 5.82 Å². The Labute approximate surface area is 131 Å². The van der Waals surface area contributed by atoms with Gasteiger partial charge in [-0.15, -0.1) is 0 Å². The highest BCUT2D eigenvalue weighted by molar-refractivity contribution is 7.83. The van der Waals surface area contributed by atoms with E-state index in [0.717, 1.165) is 11.3 Å². The van der Waals surface area contributed by atoms with Gasteiger partial charge in [-0.25, -0.2) is 4.39 Å². The highest BCUT2D eigenvalue weighted by Gasteiger charge is 2.06. The Morgan fingerprint density at radius 3 is 2.71 bits per heavy atom. The van der Waals surface area contributed by atoms with Gasteiger partial charge in [-0.2, -0.15) is 0 Å². The molecular formula is C16H17ClFNOS. The van der Waals surface area contributed by atoms with Crippen molar-refractivity contribution < 1.29 is 8.60 Å². The van der Waals surface area contributed by atoms with Crippen LogP contribution in [0.4, 0.5) is 10.1 Å². The summed E-state index contributed by atoms with van der Waals surface area (Å²) in [6.45, 7) is 0.583. The lowest BCUT2D eigenvalue weighted by Gasteiger charge is -2.09. The number of hydrogen-bond donors (Lipinski definition) is 1. The van der Waals surface area contributed by atoms with Gasteiger partial charge in [0.25, 0.3) is 0 Å². The lowest BCUT2D eigenvalue weighted by molar-refractivity contribution is 0.611. The molecule has 112 valence electrons. The Balaban J connectivity index is 1.96. The Kier molecular flexibility index (Phi) is 5.76. The predicted octanol–water partition coefficient (Wildman–Crippen LogP) is 4.01. The maximum Gasteiger partial charge on any atom is 0.127 e. The van der Waals surface area contributed by atoms with Crippen LogP contribution < -0.4 is 5.32 Å². The van der Waals surface area contributed by atoms with Crippen molar-refractivity contribution in [3.63, 3.8) is 0 Å². The van der Waals surface area contributed by atoms with Crippen molar-refractivity contribution in [2.24, 2.45) is 0 Å². The van der Waals surface area contributed by atoms with Crippen LogP contribution in [0.1, 0.15) is 11.1 Å². The number of anilines is 1. The standard InChI is InChI=1S/C16H17ClFNOS/c1-21(20)11-12-4-2-5-13(10-12)19-9-8-14-15(17)6-3-7-16(14)18/h2-7,10,19H,8-9,11H2,1H3/t21-/m0/s1. The molecule has 21 heavy (non-hydrogen) atoms. The summed E-state index contributed by atoms with van der Waals surface area (Å²) >= 11 is 5.99. The smallest absolute Gasteiger partial charge is 0.127 e. The van der Waals surface area contributed by atoms with Crippen molar-refractivity contribution in [2.75, 3.05) is 18.1 Å². The van der Waals surface area contributed by atoms with Crippen LogP contribution >= 0.6 is 11.6 Å². The molecule has 0 bridgehead atoms. The molecule has 0 spiro atoms. The minimum atomic E-state index is -0.861. The second-order valence-corrected chi connectivity index (χ2v) is 6.64. The molecule has 0 saturated carbocycles. The van der Waals surface area contributed by atoms with E-state index in [4.69, 9.17) is 11.6 Å². The van der Waals surface area contributed by atoms with E-state index in [1.54, 1.807) is 18.4 Å². The molecule has 0 radical (unpaired) electrons. The summed E-state index contributed by atoms with van der Waals surface area (Å²) in [7, 11) is -0.861. The van der Waals surface area contributed by atoms with Crippen molar-refractivity contribution in [3.05, 3.63) is 64.4 Å². The molecular weight excluding hydrogens is 309 g/mol. The Bertz CT molecular complexity index is 628. The zero-order valence-corrected chi connectivity index (χ0v) is 13.3. The molecule has 2 aromatic rings. The van der Waals surface area contributed by atoms with Crippen molar-refractivity contribution in [1.29, 1.82) is 0 Å². The molecule has 2 nitrogen and oxygen atoms in total. The second-order valence-electron chi connectivity index (χ2n) is 4.79. The Morgan fingerprint density at radius 1 is 1.24 bits per heavy atom. The molecule has 0 amide bonds. The van der Waals surface area contributed by atoms with Gasteiger partial charge in [-0.1, -0.05) is 29.8 Å². The quantitative estimate of drug-likeness (QED) is 0.869. The molecule has 0 heterocycles. The lowest BCUT2D eigenvalue weighted by Crippen LogP contribution is -2.07. The fourth-order valence-electron chi connectivity index (χ4n) is 2.11. The van der Waals surface area contributed by atoms with E-state index in [2.05, 4.69) is 5.32 Å². The van der Waals surface area contributed by atoms with Gasteiger partial charge in [0, 0.05) is 45.6 Å². The Hall–Kier alpha value is -1.39. The summed E-state index contributed by atoms with van der Waals surface area (Å²) in [5.74, 6) is 0.258. The maximum absolute atomic E-state index is 13.6. The zero-order chi connectivity index (χ0) is 15.2. The fourth-order valence-corrected chi connectivity index (χ4v) is 3.02. The summed E-state index contributed by atoms with van der Waals surface area (Å²) in [5.41, 5.74) is 2.48. The monoisotopic (exact) mass is 325 g/mol. The van der Waals surface area contributed by atoms with Crippen LogP contribution in [-0.2, 0) is 23.0 Å². The first kappa shape index (κ1) is 16.0. The third-order valence-corrected chi connectivity index (χ3v) is 4.16. The molecule has 0 saturated heterocycles. The van der Waals surface area contributed by atoms with Gasteiger partial charge in [-0.3, -0.25) is 4.21 Å². The third kappa shape index (κ3) is 4.83. The topological polar surface area (TPSA) is 29.1 Å². The van der Waals surface area contributed by atoms with Crippen molar-refractivity contribution in [2.45, 2.75) is 12.2 Å². The van der Waals surface area contributed by atoms with Gasteiger partial charge < -0.3 is 5.32 Å². The number of benzene rings is 2. The first-order valence-corrected chi connectivity index (χ1v) is 8.72. The third-order valence-electron chi connectivity index (χ3n) is 3.06. The van der Waals surface area contributed by atoms with E-state index < -0.39 is 10.8 Å². The summed E-state index contributed by atoms with van der Waals surface area (Å²) in [4.78, 5) is 0. The Morgan fingerprint density at radius 2 is 2.00 bits per heavy atom. The highest BCUT2D eigenvalue weighted by Crippen LogP contribution is 2.20. The number of nitrogens with one attached hydrogen (secondary N) is 1. The van der Waals surface area contributed by atoms with Crippen molar-refractivity contribution in [1.82, 2.24) is 0 Å². The van der Waals surface area contributed by atoms with Crippen molar-refractivity contribution >= 4 is 28.1 Å². The van der Waals surface area contributed by atoms with Crippen LogP contribution in [0, 0.1) is 5.82 Å². The molecule has 0 fully saturated rings. The summed E-state index contributed by atoms with van der Waals surface area (Å²) in [5, 5.41) is 3.69. The maximum atomic E-state index is 13.6. The first-order valence-electron chi connectivity index (χ1n) is 6.62. The van der Waals surface area contributed by atoms with Crippen molar-refractivity contribution in [3.8, 4) is 0 Å². The van der Waals surface area contributed by atoms with Gasteiger partial charge in [0.15, 0.2) is 0 Å². The van der Waals surface area contributed by atoms with Gasteiger partial charge >= 0.3 is 0 Å². The van der Waals surface area contributed by atoms with Crippen LogP contribution in [-0.4, -0.2) is 17.0 Å². The van der Waals surface area contributed by atoms with Gasteiger partial charge in [0.1, 0.15) is 5.82 Å². The van der Waals surface area contributed by atoms with Crippen LogP contribution in [0.3, 0.4) is 0 Å². The first-order chi connectivity index (χ1) is 10.1. The number of hydrogen-bond acceptors (Lipinski definition) is 2. The lowest BCUT2D eigenvalue weighted by atomic mass is 10.1. The zero-order valence-electron chi connectivity index (χ0n) is 11.7. The normalized spacial score (nSPS) is 12.1. The van der Waals surface area contributed by atoms with E-state index in [0.29, 0.717) is 29.3 Å². The molecule has 0 unspecified atom stereocenters. The molecule has 5 heteroatoms. The molecule has 0 aliphatic carbocycles. The fraction of sp³-hybridized carbons (Fsp3) is 0.250. The van der Waals surface area contributed by atoms with Crippen LogP contribution in [0.25, 0.3) is 0 Å². The van der Waals surface area contributed by atoms with E-state index in [1.807, 2.05) is 24.3 Å². The summed E-state index contributed by atoms with van der Waals surface area (Å²) in [6, 6.07) is 12.5. The average Bonchev–Trinajstić information content (AvgIpc) is 2.42. The van der Waals surface area contributed by atoms with E-state index in [9.17, 15) is 8.60 Å². The summed E-state index contributed by atoms with van der Waals surface area (Å²) < 4.78 is 24.9. The predicted molar refractivity (Wildman–Crippen MR) is 87.8 cm³/mol. The minimum absolute atomic E-state index is 0.278. The molecule has 2 rings (SSSR count).